The van der Waals surface area contributed by atoms with Crippen LogP contribution in [0.5, 0.6) is 0 Å². The Bertz CT molecular complexity index is 1610. The molecule has 7 atom stereocenters. The summed E-state index contributed by atoms with van der Waals surface area (Å²) in [6.07, 6.45) is 6.34. The van der Waals surface area contributed by atoms with Crippen molar-refractivity contribution >= 4 is 31.1 Å². The van der Waals surface area contributed by atoms with Crippen LogP contribution in [0.1, 0.15) is 117 Å². The monoisotopic (exact) mass is 732 g/mol. The zero-order valence-corrected chi connectivity index (χ0v) is 32.3. The van der Waals surface area contributed by atoms with Gasteiger partial charge in [0, 0.05) is 19.5 Å². The Balaban J connectivity index is 1.01. The van der Waals surface area contributed by atoms with Crippen LogP contribution >= 0.6 is 0 Å². The van der Waals surface area contributed by atoms with Crippen LogP contribution in [-0.2, 0) is 41.5 Å². The van der Waals surface area contributed by atoms with Crippen LogP contribution in [0.4, 0.5) is 9.59 Å². The fraction of sp³-hybridized carbons (Fsp3) is 0.750. The van der Waals surface area contributed by atoms with Crippen molar-refractivity contribution < 1.29 is 38.0 Å². The normalized spacial score (nSPS) is 32.9. The highest BCUT2D eigenvalue weighted by Gasteiger charge is 2.72. The fourth-order valence-corrected chi connectivity index (χ4v) is 10.5. The van der Waals surface area contributed by atoms with Crippen LogP contribution in [0.25, 0.3) is 0 Å². The van der Waals surface area contributed by atoms with E-state index in [1.807, 2.05) is 24.3 Å². The molecule has 3 heterocycles. The molecule has 1 aromatic rings. The number of hydrogen-bond acceptors (Lipinski definition) is 8. The molecule has 2 bridgehead atoms. The quantitative estimate of drug-likeness (QED) is 0.351. The summed E-state index contributed by atoms with van der Waals surface area (Å²) in [6, 6.07) is 6.14. The summed E-state index contributed by atoms with van der Waals surface area (Å²) >= 11 is 0. The van der Waals surface area contributed by atoms with Gasteiger partial charge in [0.15, 0.2) is 0 Å². The van der Waals surface area contributed by atoms with Gasteiger partial charge in [-0.25, -0.2) is 9.59 Å². The highest BCUT2D eigenvalue weighted by Crippen LogP contribution is 2.66. The second-order valence-corrected chi connectivity index (χ2v) is 18.8. The van der Waals surface area contributed by atoms with Gasteiger partial charge in [-0.05, 0) is 101 Å². The summed E-state index contributed by atoms with van der Waals surface area (Å²) in [7, 11) is -0.573. The van der Waals surface area contributed by atoms with Gasteiger partial charge in [0.25, 0.3) is 0 Å². The smallest absolute Gasteiger partial charge is 0.444 e. The van der Waals surface area contributed by atoms with Gasteiger partial charge in [0.05, 0.1) is 23.7 Å². The van der Waals surface area contributed by atoms with Gasteiger partial charge in [-0.2, -0.15) is 0 Å². The molecule has 5 saturated carbocycles. The third kappa shape index (κ3) is 6.72. The molecule has 3 aliphatic heterocycles. The molecule has 8 aliphatic rings. The van der Waals surface area contributed by atoms with Gasteiger partial charge in [-0.15, -0.1) is 0 Å². The maximum absolute atomic E-state index is 14.7. The molecule has 1 aromatic carbocycles. The van der Waals surface area contributed by atoms with E-state index < -0.39 is 54.1 Å². The second-order valence-electron chi connectivity index (χ2n) is 18.8. The summed E-state index contributed by atoms with van der Waals surface area (Å²) in [6.45, 7) is 13.1. The Morgan fingerprint density at radius 2 is 1.64 bits per heavy atom. The van der Waals surface area contributed by atoms with Crippen LogP contribution in [0.3, 0.4) is 0 Å². The number of hydrogen-bond donors (Lipinski definition) is 2. The molecule has 9 rings (SSSR count). The van der Waals surface area contributed by atoms with Crippen molar-refractivity contribution in [1.82, 2.24) is 20.4 Å². The molecule has 4 amide bonds. The van der Waals surface area contributed by atoms with E-state index in [4.69, 9.17) is 18.8 Å². The average Bonchev–Trinajstić information content (AvgIpc) is 3.41. The van der Waals surface area contributed by atoms with Crippen molar-refractivity contribution in [1.29, 1.82) is 0 Å². The van der Waals surface area contributed by atoms with Crippen molar-refractivity contribution in [2.75, 3.05) is 6.54 Å². The highest BCUT2D eigenvalue weighted by molar-refractivity contribution is 6.51. The summed E-state index contributed by atoms with van der Waals surface area (Å²) in [5.74, 6) is 0.225. The van der Waals surface area contributed by atoms with Crippen molar-refractivity contribution in [3.63, 3.8) is 0 Å². The third-order valence-corrected chi connectivity index (χ3v) is 13.8. The minimum absolute atomic E-state index is 0.0149. The molecule has 0 radical (unpaired) electrons. The molecule has 2 saturated heterocycles. The Morgan fingerprint density at radius 1 is 0.962 bits per heavy atom. The van der Waals surface area contributed by atoms with Crippen LogP contribution in [0, 0.1) is 23.2 Å². The molecule has 0 unspecified atom stereocenters. The van der Waals surface area contributed by atoms with E-state index in [9.17, 15) is 19.2 Å². The number of fused-ring (bicyclic) bond motifs is 1. The minimum Gasteiger partial charge on any atom is -0.444 e. The maximum atomic E-state index is 14.7. The topological polar surface area (TPSA) is 136 Å². The van der Waals surface area contributed by atoms with E-state index in [1.165, 1.54) is 4.90 Å². The summed E-state index contributed by atoms with van der Waals surface area (Å²) in [4.78, 5) is 59.1. The second kappa shape index (κ2) is 13.2. The molecule has 12 nitrogen and oxygen atoms in total. The van der Waals surface area contributed by atoms with E-state index in [0.29, 0.717) is 37.8 Å². The van der Waals surface area contributed by atoms with Crippen LogP contribution in [0.2, 0.25) is 0 Å². The van der Waals surface area contributed by atoms with Crippen molar-refractivity contribution in [2.24, 2.45) is 23.2 Å². The standard InChI is InChI=1S/C40H57BN4O8/c1-37(2,3)51-35(48)42-32(24-12-8-7-9-13-24)34(47)45-23-28(50-36(49)44-21-25-14-10-11-15-26(25)22-44)20-29(45)33(46)43-40(16-17-40)41-52-31-19-27-18-30(38(27,4)5)39(31,6)53-41/h10-11,14-15,24,27-32H,7-9,12-13,16-23H2,1-6H3,(H,42,48)(H,43,46)/t27-,28-,29+,30-,31-,32+,39+/m1/s1. The number of alkyl carbamates (subject to hydrolysis) is 1. The third-order valence-electron chi connectivity index (χ3n) is 13.8. The zero-order valence-electron chi connectivity index (χ0n) is 32.3. The number of carbonyl (C=O) groups excluding carboxylic acids is 4. The molecule has 288 valence electrons. The highest BCUT2D eigenvalue weighted by atomic mass is 16.7. The summed E-state index contributed by atoms with van der Waals surface area (Å²) < 4.78 is 25.1. The maximum Gasteiger partial charge on any atom is 0.485 e. The van der Waals surface area contributed by atoms with Gasteiger partial charge in [0.2, 0.25) is 11.8 Å². The first kappa shape index (κ1) is 36.7. The number of likely N-dealkylation sites (tertiary alicyclic amines) is 1. The molecule has 5 aliphatic carbocycles. The lowest BCUT2D eigenvalue weighted by Crippen LogP contribution is -2.65. The fourth-order valence-electron chi connectivity index (χ4n) is 10.5. The zero-order chi connectivity index (χ0) is 37.5. The first-order valence-corrected chi connectivity index (χ1v) is 20.0. The number of amides is 4. The predicted molar refractivity (Wildman–Crippen MR) is 196 cm³/mol. The van der Waals surface area contributed by atoms with Gasteiger partial charge < -0.3 is 34.3 Å². The molecular formula is C40H57BN4O8. The van der Waals surface area contributed by atoms with Gasteiger partial charge in [0.1, 0.15) is 23.8 Å². The van der Waals surface area contributed by atoms with Gasteiger partial charge in [-0.1, -0.05) is 57.4 Å². The number of nitrogens with one attached hydrogen (secondary N) is 2. The van der Waals surface area contributed by atoms with E-state index in [-0.39, 0.29) is 42.2 Å². The van der Waals surface area contributed by atoms with E-state index >= 15 is 0 Å². The van der Waals surface area contributed by atoms with Crippen LogP contribution in [0.15, 0.2) is 24.3 Å². The number of benzene rings is 1. The first-order chi connectivity index (χ1) is 25.1. The minimum atomic E-state index is -0.911. The Labute approximate surface area is 313 Å². The number of rotatable bonds is 7. The molecular weight excluding hydrogens is 675 g/mol. The van der Waals surface area contributed by atoms with Gasteiger partial charge in [-0.3, -0.25) is 14.5 Å². The molecule has 53 heavy (non-hydrogen) atoms. The average molecular weight is 733 g/mol. The molecule has 13 heteroatoms. The molecule has 0 aromatic heterocycles. The molecule has 7 fully saturated rings. The van der Waals surface area contributed by atoms with E-state index in [0.717, 1.165) is 56.1 Å². The summed E-state index contributed by atoms with van der Waals surface area (Å²) in [5.41, 5.74) is 0.508. The van der Waals surface area contributed by atoms with Crippen molar-refractivity contribution in [3.05, 3.63) is 35.4 Å². The summed E-state index contributed by atoms with van der Waals surface area (Å²) in [5, 5.41) is 6.20. The Hall–Kier alpha value is -3.32. The Morgan fingerprint density at radius 3 is 2.26 bits per heavy atom. The van der Waals surface area contributed by atoms with Crippen LogP contribution in [-0.4, -0.2) is 88.4 Å². The largest absolute Gasteiger partial charge is 0.485 e. The van der Waals surface area contributed by atoms with Crippen molar-refractivity contribution in [2.45, 2.75) is 160 Å². The SMILES string of the molecule is CC(C)(C)OC(=O)N[C@H](C(=O)N1C[C@H](OC(=O)N2Cc3ccccc3C2)C[C@H]1C(=O)NC1(B2O[C@@H]3C[C@H]4C[C@H](C4(C)C)[C@]3(C)O2)CC1)C1CCCCC1. The first-order valence-electron chi connectivity index (χ1n) is 20.0. The van der Waals surface area contributed by atoms with Crippen molar-refractivity contribution in [3.8, 4) is 0 Å². The van der Waals surface area contributed by atoms with Crippen LogP contribution < -0.4 is 10.6 Å². The lowest BCUT2D eigenvalue weighted by atomic mass is 9.43. The molecule has 2 N–H and O–H groups in total. The number of nitrogens with zero attached hydrogens (tertiary/aromatic N) is 2. The molecule has 0 spiro atoms. The van der Waals surface area contributed by atoms with Gasteiger partial charge >= 0.3 is 19.3 Å². The number of carbonyl (C=O) groups is 4. The lowest BCUT2D eigenvalue weighted by molar-refractivity contribution is -0.199. The number of ether oxygens (including phenoxy) is 2. The van der Waals surface area contributed by atoms with E-state index in [1.54, 1.807) is 25.7 Å². The lowest BCUT2D eigenvalue weighted by Gasteiger charge is -2.64. The Kier molecular flexibility index (Phi) is 9.11. The predicted octanol–water partition coefficient (Wildman–Crippen LogP) is 5.50. The van der Waals surface area contributed by atoms with E-state index in [2.05, 4.69) is 31.4 Å².